The minimum absolute atomic E-state index is 0.0429. The Bertz CT molecular complexity index is 523. The summed E-state index contributed by atoms with van der Waals surface area (Å²) in [5, 5.41) is 14.5. The Hall–Kier alpha value is -0.910. The van der Waals surface area contributed by atoms with E-state index in [9.17, 15) is 9.50 Å². The summed E-state index contributed by atoms with van der Waals surface area (Å²) >= 11 is 4.94. The van der Waals surface area contributed by atoms with Gasteiger partial charge in [-0.1, -0.05) is 0 Å². The monoisotopic (exact) mass is 329 g/mol. The number of aliphatic hydroxyl groups is 1. The van der Waals surface area contributed by atoms with Crippen molar-refractivity contribution in [2.24, 2.45) is 0 Å². The van der Waals surface area contributed by atoms with Gasteiger partial charge >= 0.3 is 0 Å². The van der Waals surface area contributed by atoms with Crippen molar-refractivity contribution >= 4 is 33.0 Å². The van der Waals surface area contributed by atoms with E-state index in [0.717, 1.165) is 14.9 Å². The Morgan fingerprint density at radius 2 is 2.17 bits per heavy atom. The fourth-order valence-corrected chi connectivity index (χ4v) is 2.99. The summed E-state index contributed by atoms with van der Waals surface area (Å²) < 4.78 is 14.3. The molecule has 0 aliphatic rings. The highest BCUT2D eigenvalue weighted by Crippen LogP contribution is 2.28. The van der Waals surface area contributed by atoms with Crippen molar-refractivity contribution < 1.29 is 9.50 Å². The highest BCUT2D eigenvalue weighted by molar-refractivity contribution is 9.11. The van der Waals surface area contributed by atoms with Gasteiger partial charge in [-0.2, -0.15) is 0 Å². The van der Waals surface area contributed by atoms with E-state index in [1.165, 1.54) is 12.1 Å². The minimum Gasteiger partial charge on any atom is -0.394 e. The minimum atomic E-state index is -0.277. The van der Waals surface area contributed by atoms with Crippen molar-refractivity contribution in [2.75, 3.05) is 11.9 Å². The van der Waals surface area contributed by atoms with E-state index < -0.39 is 0 Å². The largest absolute Gasteiger partial charge is 0.394 e. The fraction of sp³-hybridized carbons (Fsp3) is 0.231. The molecule has 2 rings (SSSR count). The number of hydrogen-bond donors (Lipinski definition) is 2. The van der Waals surface area contributed by atoms with Gasteiger partial charge in [0, 0.05) is 5.69 Å². The molecule has 18 heavy (non-hydrogen) atoms. The molecule has 0 saturated heterocycles. The third-order valence-corrected chi connectivity index (χ3v) is 4.08. The average Bonchev–Trinajstić information content (AvgIpc) is 2.71. The Kier molecular flexibility index (Phi) is 4.37. The molecule has 0 saturated carbocycles. The molecule has 1 unspecified atom stereocenters. The predicted molar refractivity (Wildman–Crippen MR) is 76.6 cm³/mol. The molecule has 0 bridgehead atoms. The standard InChI is InChI=1S/C13H13BrFNOS/c1-8-2-10(15)5-11(3-8)16-12(6-17)9-4-13(14)18-7-9/h2-5,7,12,16-17H,6H2,1H3. The van der Waals surface area contributed by atoms with Gasteiger partial charge in [-0.3, -0.25) is 0 Å². The molecule has 2 aromatic rings. The quantitative estimate of drug-likeness (QED) is 0.884. The van der Waals surface area contributed by atoms with Crippen LogP contribution in [0.1, 0.15) is 17.2 Å². The summed E-state index contributed by atoms with van der Waals surface area (Å²) in [5.74, 6) is -0.277. The Morgan fingerprint density at radius 3 is 2.72 bits per heavy atom. The van der Waals surface area contributed by atoms with Crippen molar-refractivity contribution in [3.8, 4) is 0 Å². The van der Waals surface area contributed by atoms with E-state index in [4.69, 9.17) is 0 Å². The number of nitrogens with one attached hydrogen (secondary N) is 1. The average molecular weight is 330 g/mol. The molecule has 96 valence electrons. The molecule has 0 amide bonds. The summed E-state index contributed by atoms with van der Waals surface area (Å²) in [7, 11) is 0. The predicted octanol–water partition coefficient (Wildman–Crippen LogP) is 4.10. The summed E-state index contributed by atoms with van der Waals surface area (Å²) in [4.78, 5) is 0. The van der Waals surface area contributed by atoms with Crippen LogP contribution in [0.15, 0.2) is 33.4 Å². The topological polar surface area (TPSA) is 32.3 Å². The van der Waals surface area contributed by atoms with Crippen LogP contribution in [0.5, 0.6) is 0 Å². The van der Waals surface area contributed by atoms with Crippen LogP contribution in [0.2, 0.25) is 0 Å². The summed E-state index contributed by atoms with van der Waals surface area (Å²) in [6.07, 6.45) is 0. The number of hydrogen-bond acceptors (Lipinski definition) is 3. The van der Waals surface area contributed by atoms with E-state index in [0.29, 0.717) is 5.69 Å². The highest BCUT2D eigenvalue weighted by Gasteiger charge is 2.12. The Balaban J connectivity index is 2.20. The zero-order valence-electron chi connectivity index (χ0n) is 9.78. The molecule has 0 aliphatic carbocycles. The van der Waals surface area contributed by atoms with Gasteiger partial charge < -0.3 is 10.4 Å². The first-order chi connectivity index (χ1) is 8.58. The molecule has 2 nitrogen and oxygen atoms in total. The summed E-state index contributed by atoms with van der Waals surface area (Å²) in [6, 6.07) is 6.48. The van der Waals surface area contributed by atoms with Gasteiger partial charge in [0.1, 0.15) is 5.82 Å². The number of aliphatic hydroxyl groups excluding tert-OH is 1. The maximum absolute atomic E-state index is 13.3. The lowest BCUT2D eigenvalue weighted by Crippen LogP contribution is -2.14. The first-order valence-electron chi connectivity index (χ1n) is 5.47. The smallest absolute Gasteiger partial charge is 0.125 e. The van der Waals surface area contributed by atoms with Gasteiger partial charge in [0.15, 0.2) is 0 Å². The number of benzene rings is 1. The van der Waals surface area contributed by atoms with Crippen molar-refractivity contribution in [2.45, 2.75) is 13.0 Å². The second-order valence-corrected chi connectivity index (χ2v) is 6.37. The van der Waals surface area contributed by atoms with E-state index in [2.05, 4.69) is 21.2 Å². The Labute approximate surface area is 118 Å². The van der Waals surface area contributed by atoms with E-state index >= 15 is 0 Å². The number of anilines is 1. The summed E-state index contributed by atoms with van der Waals surface area (Å²) in [5.41, 5.74) is 2.51. The highest BCUT2D eigenvalue weighted by atomic mass is 79.9. The van der Waals surface area contributed by atoms with E-state index in [1.807, 2.05) is 24.4 Å². The molecule has 1 heterocycles. The molecular weight excluding hydrogens is 317 g/mol. The first kappa shape index (κ1) is 13.5. The van der Waals surface area contributed by atoms with Crippen LogP contribution in [-0.2, 0) is 0 Å². The zero-order chi connectivity index (χ0) is 13.1. The van der Waals surface area contributed by atoms with Crippen molar-refractivity contribution in [3.63, 3.8) is 0 Å². The molecular formula is C13H13BrFNOS. The third-order valence-electron chi connectivity index (χ3n) is 2.56. The molecule has 1 aromatic heterocycles. The van der Waals surface area contributed by atoms with Crippen LogP contribution in [-0.4, -0.2) is 11.7 Å². The number of thiophene rings is 1. The lowest BCUT2D eigenvalue weighted by molar-refractivity contribution is 0.276. The van der Waals surface area contributed by atoms with Gasteiger partial charge in [0.05, 0.1) is 16.4 Å². The number of halogens is 2. The SMILES string of the molecule is Cc1cc(F)cc(NC(CO)c2csc(Br)c2)c1. The lowest BCUT2D eigenvalue weighted by Gasteiger charge is -2.17. The summed E-state index contributed by atoms with van der Waals surface area (Å²) in [6.45, 7) is 1.79. The van der Waals surface area contributed by atoms with Crippen LogP contribution in [0.4, 0.5) is 10.1 Å². The molecule has 1 atom stereocenters. The fourth-order valence-electron chi connectivity index (χ4n) is 1.76. The molecule has 0 fully saturated rings. The number of aryl methyl sites for hydroxylation is 1. The van der Waals surface area contributed by atoms with Crippen molar-refractivity contribution in [1.29, 1.82) is 0 Å². The molecule has 2 N–H and O–H groups in total. The zero-order valence-corrected chi connectivity index (χ0v) is 12.2. The molecule has 0 spiro atoms. The molecule has 0 aliphatic heterocycles. The second-order valence-electron chi connectivity index (χ2n) is 4.08. The molecule has 1 aromatic carbocycles. The van der Waals surface area contributed by atoms with Gasteiger partial charge in [0.25, 0.3) is 0 Å². The van der Waals surface area contributed by atoms with Gasteiger partial charge in [-0.05, 0) is 63.6 Å². The molecule has 5 heteroatoms. The third kappa shape index (κ3) is 3.31. The van der Waals surface area contributed by atoms with Crippen LogP contribution in [0, 0.1) is 12.7 Å². The van der Waals surface area contributed by atoms with Crippen molar-refractivity contribution in [1.82, 2.24) is 0 Å². The Morgan fingerprint density at radius 1 is 1.39 bits per heavy atom. The first-order valence-corrected chi connectivity index (χ1v) is 7.14. The van der Waals surface area contributed by atoms with Gasteiger partial charge in [-0.25, -0.2) is 4.39 Å². The van der Waals surface area contributed by atoms with Crippen molar-refractivity contribution in [3.05, 3.63) is 50.4 Å². The normalized spacial score (nSPS) is 12.4. The second kappa shape index (κ2) is 5.82. The van der Waals surface area contributed by atoms with Crippen LogP contribution < -0.4 is 5.32 Å². The lowest BCUT2D eigenvalue weighted by atomic mass is 10.1. The van der Waals surface area contributed by atoms with Crippen LogP contribution >= 0.6 is 27.3 Å². The maximum atomic E-state index is 13.3. The van der Waals surface area contributed by atoms with Crippen LogP contribution in [0.25, 0.3) is 0 Å². The molecule has 0 radical (unpaired) electrons. The van der Waals surface area contributed by atoms with Crippen LogP contribution in [0.3, 0.4) is 0 Å². The van der Waals surface area contributed by atoms with E-state index in [1.54, 1.807) is 11.3 Å². The van der Waals surface area contributed by atoms with E-state index in [-0.39, 0.29) is 18.5 Å². The van der Waals surface area contributed by atoms with Gasteiger partial charge in [-0.15, -0.1) is 11.3 Å². The maximum Gasteiger partial charge on any atom is 0.125 e. The number of rotatable bonds is 4. The van der Waals surface area contributed by atoms with Gasteiger partial charge in [0.2, 0.25) is 0 Å².